The van der Waals surface area contributed by atoms with E-state index in [0.717, 1.165) is 6.42 Å². The van der Waals surface area contributed by atoms with Crippen LogP contribution in [0.4, 0.5) is 0 Å². The highest BCUT2D eigenvalue weighted by atomic mass is 16.3. The number of rotatable bonds is 5. The van der Waals surface area contributed by atoms with E-state index in [1.165, 1.54) is 0 Å². The summed E-state index contributed by atoms with van der Waals surface area (Å²) in [6.07, 6.45) is 1.05. The van der Waals surface area contributed by atoms with Gasteiger partial charge in [0.05, 0.1) is 6.10 Å². The molecule has 0 spiro atoms. The second kappa shape index (κ2) is 5.66. The number of ketones is 1. The van der Waals surface area contributed by atoms with Crippen LogP contribution in [0.1, 0.15) is 37.0 Å². The number of aliphatic hydroxyl groups excluding tert-OH is 1. The summed E-state index contributed by atoms with van der Waals surface area (Å²) in [6, 6.07) is 9.14. The quantitative estimate of drug-likeness (QED) is 0.752. The van der Waals surface area contributed by atoms with Crippen molar-refractivity contribution in [1.82, 2.24) is 0 Å². The number of Topliss-reactive ketones (excluding diaryl/α,β-unsaturated/α-hetero) is 1. The largest absolute Gasteiger partial charge is 0.392 e. The van der Waals surface area contributed by atoms with Gasteiger partial charge in [-0.2, -0.15) is 0 Å². The van der Waals surface area contributed by atoms with E-state index in [2.05, 4.69) is 0 Å². The van der Waals surface area contributed by atoms with E-state index in [1.807, 2.05) is 25.1 Å². The highest BCUT2D eigenvalue weighted by Crippen LogP contribution is 2.15. The molecule has 0 unspecified atom stereocenters. The normalized spacial score (nSPS) is 14.6. The first-order valence-corrected chi connectivity index (χ1v) is 5.44. The molecular weight excluding hydrogens is 188 g/mol. The van der Waals surface area contributed by atoms with Crippen molar-refractivity contribution in [3.05, 3.63) is 35.9 Å². The molecular formula is C13H18O2. The molecule has 0 heterocycles. The third kappa shape index (κ3) is 3.17. The highest BCUT2D eigenvalue weighted by molar-refractivity contribution is 5.97. The zero-order chi connectivity index (χ0) is 11.3. The molecule has 1 aromatic carbocycles. The molecule has 0 bridgehead atoms. The van der Waals surface area contributed by atoms with Crippen LogP contribution in [0.2, 0.25) is 0 Å². The Morgan fingerprint density at radius 3 is 2.47 bits per heavy atom. The molecule has 0 radical (unpaired) electrons. The van der Waals surface area contributed by atoms with Gasteiger partial charge < -0.3 is 5.11 Å². The third-order valence-electron chi connectivity index (χ3n) is 2.63. The lowest BCUT2D eigenvalue weighted by Gasteiger charge is -2.16. The van der Waals surface area contributed by atoms with Gasteiger partial charge in [-0.15, -0.1) is 0 Å². The molecule has 0 saturated carbocycles. The second-order valence-corrected chi connectivity index (χ2v) is 3.87. The molecule has 0 fully saturated rings. The summed E-state index contributed by atoms with van der Waals surface area (Å²) in [5.74, 6) is -0.288. The molecule has 82 valence electrons. The van der Waals surface area contributed by atoms with E-state index < -0.39 is 6.10 Å². The van der Waals surface area contributed by atoms with Crippen LogP contribution in [0, 0.1) is 5.92 Å². The molecule has 15 heavy (non-hydrogen) atoms. The van der Waals surface area contributed by atoms with Gasteiger partial charge in [0.2, 0.25) is 0 Å². The maximum Gasteiger partial charge on any atom is 0.168 e. The third-order valence-corrected chi connectivity index (χ3v) is 2.63. The predicted molar refractivity (Wildman–Crippen MR) is 60.9 cm³/mol. The maximum atomic E-state index is 11.9. The molecule has 2 nitrogen and oxygen atoms in total. The minimum absolute atomic E-state index is 0.0246. The smallest absolute Gasteiger partial charge is 0.168 e. The first-order valence-electron chi connectivity index (χ1n) is 5.44. The standard InChI is InChI=1S/C13H18O2/c1-3-7-12(14)10(2)13(15)11-8-5-4-6-9-11/h4-6,8-10,12,14H,3,7H2,1-2H3/t10-,12+/m1/s1. The summed E-state index contributed by atoms with van der Waals surface area (Å²) in [7, 11) is 0. The Bertz CT molecular complexity index is 306. The van der Waals surface area contributed by atoms with Crippen molar-refractivity contribution in [3.63, 3.8) is 0 Å². The van der Waals surface area contributed by atoms with E-state index in [1.54, 1.807) is 19.1 Å². The van der Waals surface area contributed by atoms with Crippen molar-refractivity contribution >= 4 is 5.78 Å². The van der Waals surface area contributed by atoms with Gasteiger partial charge in [-0.05, 0) is 6.42 Å². The van der Waals surface area contributed by atoms with Crippen LogP contribution < -0.4 is 0 Å². The Morgan fingerprint density at radius 2 is 1.93 bits per heavy atom. The molecule has 0 aliphatic rings. The lowest BCUT2D eigenvalue weighted by atomic mass is 9.92. The number of hydrogen-bond donors (Lipinski definition) is 1. The van der Waals surface area contributed by atoms with Gasteiger partial charge in [0.1, 0.15) is 0 Å². The Hall–Kier alpha value is -1.15. The zero-order valence-corrected chi connectivity index (χ0v) is 9.31. The maximum absolute atomic E-state index is 11.9. The highest BCUT2D eigenvalue weighted by Gasteiger charge is 2.21. The lowest BCUT2D eigenvalue weighted by molar-refractivity contribution is 0.0689. The van der Waals surface area contributed by atoms with Crippen LogP contribution in [0.15, 0.2) is 30.3 Å². The fourth-order valence-electron chi connectivity index (χ4n) is 1.59. The molecule has 1 N–H and O–H groups in total. The fraction of sp³-hybridized carbons (Fsp3) is 0.462. The Kier molecular flexibility index (Phi) is 4.50. The van der Waals surface area contributed by atoms with Crippen LogP contribution in [0.25, 0.3) is 0 Å². The minimum atomic E-state index is -0.525. The average molecular weight is 206 g/mol. The molecule has 0 aromatic heterocycles. The summed E-state index contributed by atoms with van der Waals surface area (Å²) >= 11 is 0. The van der Waals surface area contributed by atoms with Crippen molar-refractivity contribution in [3.8, 4) is 0 Å². The number of hydrogen-bond acceptors (Lipinski definition) is 2. The van der Waals surface area contributed by atoms with Crippen LogP contribution in [-0.2, 0) is 0 Å². The fourth-order valence-corrected chi connectivity index (χ4v) is 1.59. The summed E-state index contributed by atoms with van der Waals surface area (Å²) < 4.78 is 0. The molecule has 0 aliphatic carbocycles. The van der Waals surface area contributed by atoms with Gasteiger partial charge in [-0.1, -0.05) is 50.6 Å². The molecule has 1 rings (SSSR count). The Labute approximate surface area is 90.9 Å². The SMILES string of the molecule is CCC[C@H](O)[C@@H](C)C(=O)c1ccccc1. The van der Waals surface area contributed by atoms with Crippen LogP contribution in [0.5, 0.6) is 0 Å². The van der Waals surface area contributed by atoms with Crippen LogP contribution in [-0.4, -0.2) is 17.0 Å². The van der Waals surface area contributed by atoms with E-state index >= 15 is 0 Å². The van der Waals surface area contributed by atoms with Crippen molar-refractivity contribution in [1.29, 1.82) is 0 Å². The van der Waals surface area contributed by atoms with Gasteiger partial charge in [-0.3, -0.25) is 4.79 Å². The average Bonchev–Trinajstić information content (AvgIpc) is 2.28. The first kappa shape index (κ1) is 11.9. The van der Waals surface area contributed by atoms with Gasteiger partial charge in [0, 0.05) is 11.5 Å². The first-order chi connectivity index (χ1) is 7.16. The minimum Gasteiger partial charge on any atom is -0.392 e. The van der Waals surface area contributed by atoms with Crippen molar-refractivity contribution in [2.75, 3.05) is 0 Å². The van der Waals surface area contributed by atoms with Crippen molar-refractivity contribution < 1.29 is 9.90 Å². The number of carbonyl (C=O) groups is 1. The van der Waals surface area contributed by atoms with E-state index in [-0.39, 0.29) is 11.7 Å². The summed E-state index contributed by atoms with van der Waals surface area (Å²) in [4.78, 5) is 11.9. The van der Waals surface area contributed by atoms with E-state index in [4.69, 9.17) is 0 Å². The molecule has 0 saturated heterocycles. The van der Waals surface area contributed by atoms with E-state index in [9.17, 15) is 9.90 Å². The van der Waals surface area contributed by atoms with Crippen molar-refractivity contribution in [2.24, 2.45) is 5.92 Å². The van der Waals surface area contributed by atoms with Crippen molar-refractivity contribution in [2.45, 2.75) is 32.8 Å². The zero-order valence-electron chi connectivity index (χ0n) is 9.31. The second-order valence-electron chi connectivity index (χ2n) is 3.87. The van der Waals surface area contributed by atoms with Gasteiger partial charge in [-0.25, -0.2) is 0 Å². The molecule has 1 aromatic rings. The topological polar surface area (TPSA) is 37.3 Å². The molecule has 2 atom stereocenters. The monoisotopic (exact) mass is 206 g/mol. The summed E-state index contributed by atoms with van der Waals surface area (Å²) in [5, 5.41) is 9.73. The summed E-state index contributed by atoms with van der Waals surface area (Å²) in [6.45, 7) is 3.79. The lowest BCUT2D eigenvalue weighted by Crippen LogP contribution is -2.25. The summed E-state index contributed by atoms with van der Waals surface area (Å²) in [5.41, 5.74) is 0.681. The Balaban J connectivity index is 2.69. The number of benzene rings is 1. The molecule has 0 amide bonds. The van der Waals surface area contributed by atoms with Gasteiger partial charge >= 0.3 is 0 Å². The van der Waals surface area contributed by atoms with Crippen LogP contribution >= 0.6 is 0 Å². The molecule has 2 heteroatoms. The number of carbonyl (C=O) groups excluding carboxylic acids is 1. The van der Waals surface area contributed by atoms with E-state index in [0.29, 0.717) is 12.0 Å². The molecule has 0 aliphatic heterocycles. The predicted octanol–water partition coefficient (Wildman–Crippen LogP) is 2.67. The number of aliphatic hydroxyl groups is 1. The Morgan fingerprint density at radius 1 is 1.33 bits per heavy atom. The van der Waals surface area contributed by atoms with Crippen LogP contribution in [0.3, 0.4) is 0 Å². The van der Waals surface area contributed by atoms with Gasteiger partial charge in [0.15, 0.2) is 5.78 Å². The van der Waals surface area contributed by atoms with Gasteiger partial charge in [0.25, 0.3) is 0 Å².